The van der Waals surface area contributed by atoms with Crippen LogP contribution in [0.1, 0.15) is 18.9 Å². The van der Waals surface area contributed by atoms with Gasteiger partial charge in [-0.25, -0.2) is 0 Å². The molecule has 0 radical (unpaired) electrons. The molecule has 1 aliphatic rings. The van der Waals surface area contributed by atoms with Gasteiger partial charge >= 0.3 is 0 Å². The summed E-state index contributed by atoms with van der Waals surface area (Å²) in [6.45, 7) is 2.91. The Morgan fingerprint density at radius 2 is 2.60 bits per heavy atom. The highest BCUT2D eigenvalue weighted by atomic mass is 32.2. The molecule has 1 fully saturated rings. The van der Waals surface area contributed by atoms with Crippen LogP contribution >= 0.6 is 11.8 Å². The summed E-state index contributed by atoms with van der Waals surface area (Å²) in [6.07, 6.45) is 4.86. The Labute approximate surface area is 94.4 Å². The van der Waals surface area contributed by atoms with Crippen LogP contribution in [0.2, 0.25) is 0 Å². The van der Waals surface area contributed by atoms with Crippen LogP contribution in [0.4, 0.5) is 0 Å². The molecule has 2 rings (SSSR count). The van der Waals surface area contributed by atoms with Crippen LogP contribution in [0, 0.1) is 0 Å². The number of aliphatic imine (C=N–C) groups is 1. The Morgan fingerprint density at radius 3 is 3.33 bits per heavy atom. The quantitative estimate of drug-likeness (QED) is 0.830. The van der Waals surface area contributed by atoms with E-state index in [2.05, 4.69) is 22.2 Å². The number of nitrogens with one attached hydrogen (secondary N) is 1. The van der Waals surface area contributed by atoms with E-state index >= 15 is 0 Å². The molecule has 1 N–H and O–H groups in total. The second-order valence-corrected chi connectivity index (χ2v) is 4.75. The molecule has 1 aliphatic heterocycles. The van der Waals surface area contributed by atoms with E-state index in [4.69, 9.17) is 0 Å². The summed E-state index contributed by atoms with van der Waals surface area (Å²) < 4.78 is 0. The molecule has 0 spiro atoms. The maximum Gasteiger partial charge on any atom is 0.157 e. The fraction of sp³-hybridized carbons (Fsp3) is 0.455. The van der Waals surface area contributed by atoms with Crippen molar-refractivity contribution in [3.63, 3.8) is 0 Å². The Morgan fingerprint density at radius 1 is 1.67 bits per heavy atom. The van der Waals surface area contributed by atoms with Gasteiger partial charge < -0.3 is 5.32 Å². The standard InChI is InChI=1S/C11H15N3S/c1-9-4-6-15-11(14-9)13-8-10-3-2-5-12-7-10/h2-3,5,7,9H,4,6,8H2,1H3,(H,13,14). The molecule has 3 nitrogen and oxygen atoms in total. The topological polar surface area (TPSA) is 37.3 Å². The second kappa shape index (κ2) is 5.16. The summed E-state index contributed by atoms with van der Waals surface area (Å²) in [7, 11) is 0. The van der Waals surface area contributed by atoms with Crippen LogP contribution in [0.15, 0.2) is 29.5 Å². The number of thioether (sulfide) groups is 1. The van der Waals surface area contributed by atoms with Crippen molar-refractivity contribution in [3.8, 4) is 0 Å². The minimum absolute atomic E-state index is 0.555. The summed E-state index contributed by atoms with van der Waals surface area (Å²) in [4.78, 5) is 8.60. The molecule has 1 unspecified atom stereocenters. The SMILES string of the molecule is CC1CCSC(=NCc2cccnc2)N1. The number of hydrogen-bond acceptors (Lipinski definition) is 3. The summed E-state index contributed by atoms with van der Waals surface area (Å²) in [5.74, 6) is 1.17. The van der Waals surface area contributed by atoms with Crippen LogP contribution in [-0.2, 0) is 6.54 Å². The highest BCUT2D eigenvalue weighted by molar-refractivity contribution is 8.13. The molecule has 0 aliphatic carbocycles. The van der Waals surface area contributed by atoms with Crippen LogP contribution in [0.3, 0.4) is 0 Å². The lowest BCUT2D eigenvalue weighted by Crippen LogP contribution is -2.35. The number of aromatic nitrogens is 1. The van der Waals surface area contributed by atoms with Gasteiger partial charge in [0.25, 0.3) is 0 Å². The molecule has 4 heteroatoms. The molecule has 1 aromatic heterocycles. The van der Waals surface area contributed by atoms with Crippen LogP contribution < -0.4 is 5.32 Å². The van der Waals surface area contributed by atoms with E-state index < -0.39 is 0 Å². The highest BCUT2D eigenvalue weighted by Gasteiger charge is 2.12. The molecular weight excluding hydrogens is 206 g/mol. The van der Waals surface area contributed by atoms with Gasteiger partial charge in [0.05, 0.1) is 6.54 Å². The molecule has 1 atom stereocenters. The van der Waals surface area contributed by atoms with Gasteiger partial charge in [-0.1, -0.05) is 17.8 Å². The average molecular weight is 221 g/mol. The molecule has 0 bridgehead atoms. The van der Waals surface area contributed by atoms with Gasteiger partial charge in [0.1, 0.15) is 0 Å². The lowest BCUT2D eigenvalue weighted by molar-refractivity contribution is 0.642. The van der Waals surface area contributed by atoms with Crippen molar-refractivity contribution in [2.75, 3.05) is 5.75 Å². The van der Waals surface area contributed by atoms with E-state index in [-0.39, 0.29) is 0 Å². The van der Waals surface area contributed by atoms with Gasteiger partial charge in [0.15, 0.2) is 5.17 Å². The second-order valence-electron chi connectivity index (χ2n) is 3.67. The Balaban J connectivity index is 1.93. The third kappa shape index (κ3) is 3.23. The lowest BCUT2D eigenvalue weighted by atomic mass is 10.3. The van der Waals surface area contributed by atoms with Crippen molar-refractivity contribution < 1.29 is 0 Å². The summed E-state index contributed by atoms with van der Waals surface area (Å²) >= 11 is 1.80. The van der Waals surface area contributed by atoms with Crippen LogP contribution in [0.5, 0.6) is 0 Å². The van der Waals surface area contributed by atoms with Gasteiger partial charge in [-0.15, -0.1) is 0 Å². The third-order valence-electron chi connectivity index (χ3n) is 2.29. The normalized spacial score (nSPS) is 23.8. The minimum atomic E-state index is 0.555. The number of rotatable bonds is 2. The fourth-order valence-electron chi connectivity index (χ4n) is 1.40. The first-order valence-corrected chi connectivity index (χ1v) is 6.16. The van der Waals surface area contributed by atoms with Crippen molar-refractivity contribution in [1.29, 1.82) is 0 Å². The minimum Gasteiger partial charge on any atom is -0.362 e. The van der Waals surface area contributed by atoms with E-state index in [1.165, 1.54) is 12.2 Å². The predicted molar refractivity (Wildman–Crippen MR) is 65.0 cm³/mol. The summed E-state index contributed by atoms with van der Waals surface area (Å²) in [5, 5.41) is 4.45. The smallest absolute Gasteiger partial charge is 0.157 e. The Bertz CT molecular complexity index is 337. The zero-order valence-corrected chi connectivity index (χ0v) is 9.63. The zero-order chi connectivity index (χ0) is 10.5. The molecular formula is C11H15N3S. The summed E-state index contributed by atoms with van der Waals surface area (Å²) in [6, 6.07) is 4.55. The predicted octanol–water partition coefficient (Wildman–Crippen LogP) is 2.05. The van der Waals surface area contributed by atoms with Crippen LogP contribution in [-0.4, -0.2) is 21.9 Å². The van der Waals surface area contributed by atoms with Gasteiger partial charge in [0.2, 0.25) is 0 Å². The van der Waals surface area contributed by atoms with Crippen molar-refractivity contribution in [2.45, 2.75) is 25.9 Å². The molecule has 0 aromatic carbocycles. The van der Waals surface area contributed by atoms with E-state index in [0.29, 0.717) is 6.04 Å². The van der Waals surface area contributed by atoms with E-state index in [9.17, 15) is 0 Å². The maximum atomic E-state index is 4.53. The van der Waals surface area contributed by atoms with Crippen molar-refractivity contribution in [1.82, 2.24) is 10.3 Å². The van der Waals surface area contributed by atoms with Crippen molar-refractivity contribution >= 4 is 16.9 Å². The van der Waals surface area contributed by atoms with E-state index in [1.54, 1.807) is 18.0 Å². The van der Waals surface area contributed by atoms with Gasteiger partial charge in [-0.2, -0.15) is 0 Å². The molecule has 0 amide bonds. The molecule has 1 saturated heterocycles. The highest BCUT2D eigenvalue weighted by Crippen LogP contribution is 2.14. The molecule has 0 saturated carbocycles. The average Bonchev–Trinajstić information content (AvgIpc) is 2.28. The number of amidine groups is 1. The van der Waals surface area contributed by atoms with Gasteiger partial charge in [-0.3, -0.25) is 9.98 Å². The molecule has 80 valence electrons. The van der Waals surface area contributed by atoms with Crippen molar-refractivity contribution in [2.24, 2.45) is 4.99 Å². The zero-order valence-electron chi connectivity index (χ0n) is 8.81. The number of hydrogen-bond donors (Lipinski definition) is 1. The fourth-order valence-corrected chi connectivity index (χ4v) is 2.51. The Hall–Kier alpha value is -1.03. The third-order valence-corrected chi connectivity index (χ3v) is 3.25. The Kier molecular flexibility index (Phi) is 3.61. The summed E-state index contributed by atoms with van der Waals surface area (Å²) in [5.41, 5.74) is 1.16. The van der Waals surface area contributed by atoms with E-state index in [0.717, 1.165) is 17.3 Å². The largest absolute Gasteiger partial charge is 0.362 e. The van der Waals surface area contributed by atoms with E-state index in [1.807, 2.05) is 18.3 Å². The number of nitrogens with zero attached hydrogens (tertiary/aromatic N) is 2. The van der Waals surface area contributed by atoms with Gasteiger partial charge in [0, 0.05) is 24.2 Å². The molecule has 15 heavy (non-hydrogen) atoms. The van der Waals surface area contributed by atoms with Crippen LogP contribution in [0.25, 0.3) is 0 Å². The monoisotopic (exact) mass is 221 g/mol. The number of pyridine rings is 1. The first-order valence-electron chi connectivity index (χ1n) is 5.17. The molecule has 1 aromatic rings. The van der Waals surface area contributed by atoms with Crippen molar-refractivity contribution in [3.05, 3.63) is 30.1 Å². The lowest BCUT2D eigenvalue weighted by Gasteiger charge is -2.21. The first kappa shape index (κ1) is 10.5. The first-order chi connectivity index (χ1) is 7.34. The molecule has 2 heterocycles. The van der Waals surface area contributed by atoms with Gasteiger partial charge in [-0.05, 0) is 25.0 Å². The maximum absolute atomic E-state index is 4.53.